The molecule has 12 aromatic carbocycles. The number of benzene rings is 12. The number of aromatic nitrogens is 5. The van der Waals surface area contributed by atoms with Gasteiger partial charge in [-0.15, -0.1) is 0 Å². The van der Waals surface area contributed by atoms with Crippen LogP contribution in [0.5, 0.6) is 0 Å². The van der Waals surface area contributed by atoms with Crippen LogP contribution in [-0.4, -0.2) is 23.7 Å². The first-order valence-corrected chi connectivity index (χ1v) is 26.2. The Labute approximate surface area is 438 Å². The molecule has 0 spiro atoms. The molecule has 1 aliphatic rings. The molecule has 15 aromatic rings. The quantitative estimate of drug-likeness (QED) is 0.161. The molecule has 0 saturated carbocycles. The number of fused-ring (bicyclic) bond motifs is 17. The molecule has 0 unspecified atom stereocenters. The van der Waals surface area contributed by atoms with Crippen LogP contribution in [0.15, 0.2) is 237 Å². The summed E-state index contributed by atoms with van der Waals surface area (Å²) in [6.07, 6.45) is 4.06. The van der Waals surface area contributed by atoms with Gasteiger partial charge in [-0.3, -0.25) is 9.13 Å². The van der Waals surface area contributed by atoms with Crippen molar-refractivity contribution in [2.24, 2.45) is 0 Å². The average molecular weight is 973 g/mol. The molecule has 4 heterocycles. The number of hydrogen-bond acceptors (Lipinski definition) is 3. The SMILES string of the molecule is Cc1c(-n2cnc3c4ccccc4c4ccccc4c32)cc(-c2cccc(N3c4ccccc4C(C)(C)c4cc(-n5c6ccccc6c6ccccc65)ccc43)c2)cc1-n1cnc2c3ccccc3c3ccccc3c21. The van der Waals surface area contributed by atoms with E-state index in [4.69, 9.17) is 9.97 Å². The Bertz CT molecular complexity index is 4720. The van der Waals surface area contributed by atoms with Crippen LogP contribution < -0.4 is 4.90 Å². The number of nitrogens with zero attached hydrogens (tertiary/aromatic N) is 6. The number of para-hydroxylation sites is 3. The highest BCUT2D eigenvalue weighted by molar-refractivity contribution is 6.25. The van der Waals surface area contributed by atoms with E-state index in [0.29, 0.717) is 0 Å². The minimum absolute atomic E-state index is 0.290. The molecular weight excluding hydrogens is 925 g/mol. The molecule has 0 atom stereocenters. The lowest BCUT2D eigenvalue weighted by atomic mass is 9.73. The summed E-state index contributed by atoms with van der Waals surface area (Å²) in [5, 5.41) is 12.0. The van der Waals surface area contributed by atoms with Crippen molar-refractivity contribution in [2.45, 2.75) is 26.2 Å². The van der Waals surface area contributed by atoms with E-state index in [-0.39, 0.29) is 5.41 Å². The Hall–Kier alpha value is -9.78. The Kier molecular flexibility index (Phi) is 8.91. The van der Waals surface area contributed by atoms with Crippen LogP contribution in [-0.2, 0) is 5.41 Å². The molecule has 3 aromatic heterocycles. The molecule has 358 valence electrons. The van der Waals surface area contributed by atoms with Crippen LogP contribution in [0.1, 0.15) is 30.5 Å². The van der Waals surface area contributed by atoms with E-state index in [2.05, 4.69) is 264 Å². The summed E-state index contributed by atoms with van der Waals surface area (Å²) in [6, 6.07) is 82.3. The van der Waals surface area contributed by atoms with Gasteiger partial charge in [-0.05, 0) is 117 Å². The van der Waals surface area contributed by atoms with Gasteiger partial charge in [0.15, 0.2) is 0 Å². The third-order valence-electron chi connectivity index (χ3n) is 16.7. The first-order valence-electron chi connectivity index (χ1n) is 26.2. The first-order chi connectivity index (χ1) is 37.4. The average Bonchev–Trinajstić information content (AvgIpc) is 4.28. The van der Waals surface area contributed by atoms with Crippen LogP contribution in [0.4, 0.5) is 17.1 Å². The second-order valence-corrected chi connectivity index (χ2v) is 21.0. The maximum atomic E-state index is 5.25. The van der Waals surface area contributed by atoms with Gasteiger partial charge in [-0.1, -0.05) is 178 Å². The van der Waals surface area contributed by atoms with Crippen LogP contribution >= 0.6 is 0 Å². The summed E-state index contributed by atoms with van der Waals surface area (Å²) < 4.78 is 7.09. The van der Waals surface area contributed by atoms with E-state index in [0.717, 1.165) is 72.3 Å². The molecule has 0 fully saturated rings. The molecule has 0 N–H and O–H groups in total. The Balaban J connectivity index is 0.934. The van der Waals surface area contributed by atoms with Crippen molar-refractivity contribution in [1.82, 2.24) is 23.7 Å². The fourth-order valence-electron chi connectivity index (χ4n) is 13.2. The van der Waals surface area contributed by atoms with Crippen molar-refractivity contribution < 1.29 is 0 Å². The van der Waals surface area contributed by atoms with Crippen molar-refractivity contribution >= 4 is 104 Å². The second kappa shape index (κ2) is 15.9. The third kappa shape index (κ3) is 5.92. The molecule has 6 nitrogen and oxygen atoms in total. The van der Waals surface area contributed by atoms with E-state index >= 15 is 0 Å². The maximum absolute atomic E-state index is 5.25. The van der Waals surface area contributed by atoms with Crippen molar-refractivity contribution in [3.05, 3.63) is 254 Å². The molecule has 0 amide bonds. The Morgan fingerprint density at radius 3 is 1.37 bits per heavy atom. The normalized spacial score (nSPS) is 13.3. The van der Waals surface area contributed by atoms with Gasteiger partial charge in [-0.2, -0.15) is 0 Å². The van der Waals surface area contributed by atoms with Crippen molar-refractivity contribution in [1.29, 1.82) is 0 Å². The number of imidazole rings is 2. The fourth-order valence-corrected chi connectivity index (χ4v) is 13.2. The van der Waals surface area contributed by atoms with Gasteiger partial charge in [0.2, 0.25) is 0 Å². The lowest BCUT2D eigenvalue weighted by Crippen LogP contribution is -2.30. The number of rotatable bonds is 5. The van der Waals surface area contributed by atoms with Crippen LogP contribution in [0.3, 0.4) is 0 Å². The van der Waals surface area contributed by atoms with E-state index in [9.17, 15) is 0 Å². The van der Waals surface area contributed by atoms with Gasteiger partial charge >= 0.3 is 0 Å². The minimum Gasteiger partial charge on any atom is -0.310 e. The van der Waals surface area contributed by atoms with E-state index < -0.39 is 0 Å². The number of hydrogen-bond donors (Lipinski definition) is 0. The van der Waals surface area contributed by atoms with Gasteiger partial charge in [0.05, 0.1) is 55.8 Å². The summed E-state index contributed by atoms with van der Waals surface area (Å²) >= 11 is 0. The fraction of sp³-hybridized carbons (Fsp3) is 0.0571. The largest absolute Gasteiger partial charge is 0.310 e. The van der Waals surface area contributed by atoms with Crippen LogP contribution in [0, 0.1) is 6.92 Å². The highest BCUT2D eigenvalue weighted by Crippen LogP contribution is 2.53. The highest BCUT2D eigenvalue weighted by Gasteiger charge is 2.37. The zero-order valence-corrected chi connectivity index (χ0v) is 42.2. The zero-order valence-electron chi connectivity index (χ0n) is 42.2. The molecule has 0 bridgehead atoms. The first kappa shape index (κ1) is 42.7. The van der Waals surface area contributed by atoms with Crippen molar-refractivity contribution in [3.63, 3.8) is 0 Å². The highest BCUT2D eigenvalue weighted by atomic mass is 15.2. The summed E-state index contributed by atoms with van der Waals surface area (Å²) in [6.45, 7) is 7.01. The van der Waals surface area contributed by atoms with Crippen molar-refractivity contribution in [2.75, 3.05) is 4.90 Å². The second-order valence-electron chi connectivity index (χ2n) is 21.0. The van der Waals surface area contributed by atoms with Crippen LogP contribution in [0.2, 0.25) is 0 Å². The van der Waals surface area contributed by atoms with E-state index in [1.165, 1.54) is 76.6 Å². The molecule has 16 rings (SSSR count). The Morgan fingerprint density at radius 1 is 0.342 bits per heavy atom. The predicted molar refractivity (Wildman–Crippen MR) is 317 cm³/mol. The molecule has 0 saturated heterocycles. The molecule has 0 radical (unpaired) electrons. The van der Waals surface area contributed by atoms with E-state index in [1.54, 1.807) is 0 Å². The maximum Gasteiger partial charge on any atom is 0.100 e. The summed E-state index contributed by atoms with van der Waals surface area (Å²) in [5.74, 6) is 0. The zero-order chi connectivity index (χ0) is 50.4. The van der Waals surface area contributed by atoms with Gasteiger partial charge in [0.1, 0.15) is 12.7 Å². The lowest BCUT2D eigenvalue weighted by Gasteiger charge is -2.42. The minimum atomic E-state index is -0.290. The summed E-state index contributed by atoms with van der Waals surface area (Å²) in [7, 11) is 0. The number of anilines is 3. The molecule has 76 heavy (non-hydrogen) atoms. The monoisotopic (exact) mass is 972 g/mol. The predicted octanol–water partition coefficient (Wildman–Crippen LogP) is 18.2. The molecule has 0 aliphatic carbocycles. The van der Waals surface area contributed by atoms with Gasteiger partial charge in [0.25, 0.3) is 0 Å². The van der Waals surface area contributed by atoms with Crippen molar-refractivity contribution in [3.8, 4) is 28.2 Å². The van der Waals surface area contributed by atoms with Gasteiger partial charge in [-0.25, -0.2) is 9.97 Å². The van der Waals surface area contributed by atoms with Crippen LogP contribution in [0.25, 0.3) is 115 Å². The smallest absolute Gasteiger partial charge is 0.100 e. The lowest BCUT2D eigenvalue weighted by molar-refractivity contribution is 0.631. The Morgan fingerprint density at radius 2 is 0.803 bits per heavy atom. The molecular formula is C70H48N6. The third-order valence-corrected chi connectivity index (χ3v) is 16.7. The standard InChI is InChI=1S/C70H48N6/c1-43-64(73-41-71-66-54-27-8-4-21-48(54)50-23-6-10-29-56(50)68(66)73)38-45(39-65(43)74-42-72-67-55-28-9-5-22-49(55)51-24-7-11-30-57(51)69(67)74)44-19-18-20-46(37-44)76-62-34-17-14-31-58(62)70(2,3)59-40-47(35-36-63(59)76)75-60-32-15-12-25-52(60)53-26-13-16-33-61(53)75/h4-42H,1-3H3. The summed E-state index contributed by atoms with van der Waals surface area (Å²) in [4.78, 5) is 13.0. The topological polar surface area (TPSA) is 43.8 Å². The van der Waals surface area contributed by atoms with Gasteiger partial charge < -0.3 is 9.47 Å². The van der Waals surface area contributed by atoms with E-state index in [1.807, 2.05) is 12.7 Å². The van der Waals surface area contributed by atoms with Gasteiger partial charge in [0, 0.05) is 49.1 Å². The molecule has 6 heteroatoms. The molecule has 1 aliphatic heterocycles. The summed E-state index contributed by atoms with van der Waals surface area (Å²) in [5.41, 5.74) is 18.8.